The molecule has 0 saturated carbocycles. The highest BCUT2D eigenvalue weighted by Gasteiger charge is 2.19. The molecule has 0 unspecified atom stereocenters. The fourth-order valence-corrected chi connectivity index (χ4v) is 3.97. The van der Waals surface area contributed by atoms with E-state index in [0.717, 1.165) is 51.8 Å². The molecule has 6 heteroatoms. The van der Waals surface area contributed by atoms with Crippen molar-refractivity contribution in [3.05, 3.63) is 90.0 Å². The van der Waals surface area contributed by atoms with E-state index in [1.165, 1.54) is 16.7 Å². The van der Waals surface area contributed by atoms with E-state index in [1.54, 1.807) is 0 Å². The molecule has 1 aliphatic rings. The zero-order valence-corrected chi connectivity index (χ0v) is 18.3. The van der Waals surface area contributed by atoms with Gasteiger partial charge in [-0.1, -0.05) is 54.6 Å². The molecule has 6 nitrogen and oxygen atoms in total. The quantitative estimate of drug-likeness (QED) is 0.475. The van der Waals surface area contributed by atoms with Crippen LogP contribution >= 0.6 is 0 Å². The van der Waals surface area contributed by atoms with Gasteiger partial charge in [-0.2, -0.15) is 0 Å². The Bertz CT molecular complexity index is 943. The number of nitrogens with one attached hydrogen (secondary N) is 1. The summed E-state index contributed by atoms with van der Waals surface area (Å²) >= 11 is 0. The maximum Gasteiger partial charge on any atom is 0.194 e. The van der Waals surface area contributed by atoms with E-state index >= 15 is 0 Å². The normalized spacial score (nSPS) is 15.3. The van der Waals surface area contributed by atoms with E-state index in [0.29, 0.717) is 6.54 Å². The topological polar surface area (TPSA) is 48.7 Å². The number of imidazole rings is 1. The van der Waals surface area contributed by atoms with E-state index < -0.39 is 0 Å². The molecule has 162 valence electrons. The molecular formula is C25H32N6. The summed E-state index contributed by atoms with van der Waals surface area (Å²) in [5.41, 5.74) is 3.88. The molecule has 4 rings (SSSR count). The Kier molecular flexibility index (Phi) is 7.34. The summed E-state index contributed by atoms with van der Waals surface area (Å²) < 4.78 is 2.08. The monoisotopic (exact) mass is 416 g/mol. The molecule has 2 heterocycles. The highest BCUT2D eigenvalue weighted by molar-refractivity contribution is 5.80. The van der Waals surface area contributed by atoms with Gasteiger partial charge in [0.1, 0.15) is 0 Å². The van der Waals surface area contributed by atoms with Gasteiger partial charge in [-0.3, -0.25) is 4.90 Å². The molecular weight excluding hydrogens is 384 g/mol. The first-order chi connectivity index (χ1) is 15.3. The van der Waals surface area contributed by atoms with E-state index in [4.69, 9.17) is 4.99 Å². The average molecular weight is 417 g/mol. The van der Waals surface area contributed by atoms with Gasteiger partial charge in [0.25, 0.3) is 0 Å². The minimum absolute atomic E-state index is 0.685. The predicted molar refractivity (Wildman–Crippen MR) is 126 cm³/mol. The number of nitrogens with zero attached hydrogens (tertiary/aromatic N) is 5. The Labute approximate surface area is 185 Å². The molecule has 1 aromatic heterocycles. The summed E-state index contributed by atoms with van der Waals surface area (Å²) in [6, 6.07) is 19.4. The highest BCUT2D eigenvalue weighted by Crippen LogP contribution is 2.11. The van der Waals surface area contributed by atoms with Crippen molar-refractivity contribution in [2.24, 2.45) is 4.99 Å². The Balaban J connectivity index is 1.34. The van der Waals surface area contributed by atoms with Gasteiger partial charge in [-0.25, -0.2) is 9.98 Å². The summed E-state index contributed by atoms with van der Waals surface area (Å²) in [6.45, 7) is 9.66. The third-order valence-corrected chi connectivity index (χ3v) is 5.58. The summed E-state index contributed by atoms with van der Waals surface area (Å²) in [5.74, 6) is 1.02. The van der Waals surface area contributed by atoms with E-state index in [1.807, 2.05) is 18.7 Å². The molecule has 1 N–H and O–H groups in total. The Morgan fingerprint density at radius 3 is 2.45 bits per heavy atom. The summed E-state index contributed by atoms with van der Waals surface area (Å²) in [6.07, 6.45) is 5.66. The molecule has 0 bridgehead atoms. The summed E-state index contributed by atoms with van der Waals surface area (Å²) in [7, 11) is 0. The van der Waals surface area contributed by atoms with Crippen LogP contribution in [0.4, 0.5) is 0 Å². The molecule has 0 atom stereocenters. The van der Waals surface area contributed by atoms with Crippen molar-refractivity contribution in [2.45, 2.75) is 26.6 Å². The molecule has 0 radical (unpaired) electrons. The largest absolute Gasteiger partial charge is 0.357 e. The first-order valence-corrected chi connectivity index (χ1v) is 11.1. The average Bonchev–Trinajstić information content (AvgIpc) is 3.31. The predicted octanol–water partition coefficient (Wildman–Crippen LogP) is 3.21. The summed E-state index contributed by atoms with van der Waals surface area (Å²) in [5, 5.41) is 3.48. The minimum atomic E-state index is 0.685. The molecule has 3 aromatic rings. The highest BCUT2D eigenvalue weighted by atomic mass is 15.3. The van der Waals surface area contributed by atoms with Gasteiger partial charge in [-0.05, 0) is 23.6 Å². The van der Waals surface area contributed by atoms with Crippen molar-refractivity contribution in [3.63, 3.8) is 0 Å². The fraction of sp³-hybridized carbons (Fsp3) is 0.360. The number of hydrogen-bond acceptors (Lipinski definition) is 3. The van der Waals surface area contributed by atoms with Crippen molar-refractivity contribution >= 4 is 5.96 Å². The lowest BCUT2D eigenvalue weighted by atomic mass is 10.1. The van der Waals surface area contributed by atoms with Crippen LogP contribution in [0.3, 0.4) is 0 Å². The molecule has 1 saturated heterocycles. The van der Waals surface area contributed by atoms with Crippen molar-refractivity contribution in [3.8, 4) is 0 Å². The van der Waals surface area contributed by atoms with E-state index in [2.05, 4.69) is 86.2 Å². The molecule has 1 fully saturated rings. The number of aliphatic imine (C=N–C) groups is 1. The zero-order valence-electron chi connectivity index (χ0n) is 18.3. The van der Waals surface area contributed by atoms with Crippen LogP contribution in [0.1, 0.15) is 23.6 Å². The molecule has 2 aromatic carbocycles. The van der Waals surface area contributed by atoms with Crippen molar-refractivity contribution in [2.75, 3.05) is 32.7 Å². The van der Waals surface area contributed by atoms with Crippen LogP contribution in [0.25, 0.3) is 0 Å². The second-order valence-corrected chi connectivity index (χ2v) is 7.97. The van der Waals surface area contributed by atoms with Gasteiger partial charge in [0.05, 0.1) is 12.9 Å². The van der Waals surface area contributed by atoms with Crippen molar-refractivity contribution in [1.82, 2.24) is 24.7 Å². The van der Waals surface area contributed by atoms with Crippen LogP contribution in [0, 0.1) is 0 Å². The van der Waals surface area contributed by atoms with E-state index in [-0.39, 0.29) is 0 Å². The first kappa shape index (κ1) is 21.1. The van der Waals surface area contributed by atoms with Crippen LogP contribution in [0.2, 0.25) is 0 Å². The van der Waals surface area contributed by atoms with Gasteiger partial charge in [-0.15, -0.1) is 0 Å². The minimum Gasteiger partial charge on any atom is -0.357 e. The standard InChI is InChI=1S/C25H32N6/c1-2-27-25(31-15-13-29(14-16-31)19-22-7-4-3-5-8-22)28-18-23-9-6-10-24(17-23)20-30-12-11-26-21-30/h3-12,17,21H,2,13-16,18-20H2,1H3,(H,27,28). The second-order valence-electron chi connectivity index (χ2n) is 7.97. The number of hydrogen-bond donors (Lipinski definition) is 1. The number of guanidine groups is 1. The maximum absolute atomic E-state index is 4.95. The Morgan fingerprint density at radius 1 is 0.935 bits per heavy atom. The van der Waals surface area contributed by atoms with Gasteiger partial charge in [0.15, 0.2) is 5.96 Å². The lowest BCUT2D eigenvalue weighted by Gasteiger charge is -2.36. The summed E-state index contributed by atoms with van der Waals surface area (Å²) in [4.78, 5) is 14.0. The lowest BCUT2D eigenvalue weighted by molar-refractivity contribution is 0.172. The Morgan fingerprint density at radius 2 is 1.71 bits per heavy atom. The first-order valence-electron chi connectivity index (χ1n) is 11.1. The third kappa shape index (κ3) is 6.18. The van der Waals surface area contributed by atoms with Crippen LogP contribution in [0.15, 0.2) is 78.3 Å². The van der Waals surface area contributed by atoms with Gasteiger partial charge >= 0.3 is 0 Å². The molecule has 0 amide bonds. The molecule has 0 aliphatic carbocycles. The number of benzene rings is 2. The van der Waals surface area contributed by atoms with Gasteiger partial charge in [0, 0.05) is 58.2 Å². The number of piperazine rings is 1. The Hall–Kier alpha value is -3.12. The molecule has 31 heavy (non-hydrogen) atoms. The van der Waals surface area contributed by atoms with Crippen LogP contribution in [0.5, 0.6) is 0 Å². The van der Waals surface area contributed by atoms with Gasteiger partial charge in [0.2, 0.25) is 0 Å². The second kappa shape index (κ2) is 10.8. The van der Waals surface area contributed by atoms with Gasteiger partial charge < -0.3 is 14.8 Å². The van der Waals surface area contributed by atoms with Crippen LogP contribution in [-0.4, -0.2) is 58.0 Å². The fourth-order valence-electron chi connectivity index (χ4n) is 3.97. The van der Waals surface area contributed by atoms with Crippen molar-refractivity contribution in [1.29, 1.82) is 0 Å². The lowest BCUT2D eigenvalue weighted by Crippen LogP contribution is -2.52. The zero-order chi connectivity index (χ0) is 21.3. The maximum atomic E-state index is 4.95. The third-order valence-electron chi connectivity index (χ3n) is 5.58. The van der Waals surface area contributed by atoms with Crippen LogP contribution < -0.4 is 5.32 Å². The smallest absolute Gasteiger partial charge is 0.194 e. The number of aromatic nitrogens is 2. The molecule has 1 aliphatic heterocycles. The molecule has 0 spiro atoms. The SMILES string of the molecule is CCNC(=NCc1cccc(Cn2ccnc2)c1)N1CCN(Cc2ccccc2)CC1. The van der Waals surface area contributed by atoms with Crippen LogP contribution in [-0.2, 0) is 19.6 Å². The number of rotatable bonds is 7. The van der Waals surface area contributed by atoms with E-state index in [9.17, 15) is 0 Å². The van der Waals surface area contributed by atoms with Crippen molar-refractivity contribution < 1.29 is 0 Å².